The Balaban J connectivity index is 2.14. The van der Waals surface area contributed by atoms with E-state index >= 15 is 0 Å². The van der Waals surface area contributed by atoms with Crippen molar-refractivity contribution < 1.29 is 0 Å². The van der Waals surface area contributed by atoms with Gasteiger partial charge in [-0.2, -0.15) is 0 Å². The van der Waals surface area contributed by atoms with E-state index in [2.05, 4.69) is 12.2 Å². The highest BCUT2D eigenvalue weighted by atomic mass is 14.8. The Morgan fingerprint density at radius 2 is 2.20 bits per heavy atom. The molecule has 1 unspecified atom stereocenters. The van der Waals surface area contributed by atoms with Gasteiger partial charge in [0.25, 0.3) is 0 Å². The molecule has 0 aromatic rings. The van der Waals surface area contributed by atoms with Crippen LogP contribution in [0.4, 0.5) is 0 Å². The lowest BCUT2D eigenvalue weighted by Gasteiger charge is -2.13. The van der Waals surface area contributed by atoms with Crippen molar-refractivity contribution in [1.82, 2.24) is 5.32 Å². The summed E-state index contributed by atoms with van der Waals surface area (Å²) in [5.74, 6) is 2.01. The molecule has 0 spiro atoms. The minimum Gasteiger partial charge on any atom is -0.320 e. The van der Waals surface area contributed by atoms with Gasteiger partial charge < -0.3 is 5.32 Å². The molecule has 0 heterocycles. The molecule has 1 heteroatoms. The van der Waals surface area contributed by atoms with Crippen molar-refractivity contribution in [1.29, 1.82) is 0 Å². The molecule has 0 saturated heterocycles. The normalized spacial score (nSPS) is 33.0. The number of hydrogen-bond acceptors (Lipinski definition) is 1. The molecule has 60 valence electrons. The standard InChI is InChI=1S/C9H19N/c1-8-4-3-5-9(8)6-7-10-2/h8-10H,3-7H2,1-2H3/t8-,9?/m0/s1. The van der Waals surface area contributed by atoms with Crippen molar-refractivity contribution >= 4 is 0 Å². The van der Waals surface area contributed by atoms with Gasteiger partial charge in [0.1, 0.15) is 0 Å². The molecule has 0 aromatic carbocycles. The Morgan fingerprint density at radius 3 is 2.70 bits per heavy atom. The lowest BCUT2D eigenvalue weighted by molar-refractivity contribution is 0.387. The first-order valence-corrected chi connectivity index (χ1v) is 4.49. The van der Waals surface area contributed by atoms with Crippen molar-refractivity contribution in [3.05, 3.63) is 0 Å². The van der Waals surface area contributed by atoms with Crippen LogP contribution in [0.15, 0.2) is 0 Å². The van der Waals surface area contributed by atoms with E-state index in [4.69, 9.17) is 0 Å². The van der Waals surface area contributed by atoms with Crippen molar-refractivity contribution in [2.45, 2.75) is 32.6 Å². The molecule has 0 aliphatic heterocycles. The van der Waals surface area contributed by atoms with Gasteiger partial charge in [0.2, 0.25) is 0 Å². The van der Waals surface area contributed by atoms with Gasteiger partial charge in [-0.3, -0.25) is 0 Å². The van der Waals surface area contributed by atoms with Crippen LogP contribution in [-0.2, 0) is 0 Å². The molecule has 1 fully saturated rings. The summed E-state index contributed by atoms with van der Waals surface area (Å²) in [7, 11) is 2.04. The zero-order valence-corrected chi connectivity index (χ0v) is 7.19. The van der Waals surface area contributed by atoms with Gasteiger partial charge in [0.05, 0.1) is 0 Å². The molecule has 1 N–H and O–H groups in total. The van der Waals surface area contributed by atoms with Crippen molar-refractivity contribution in [2.24, 2.45) is 11.8 Å². The summed E-state index contributed by atoms with van der Waals surface area (Å²) >= 11 is 0. The van der Waals surface area contributed by atoms with Crippen LogP contribution in [0.25, 0.3) is 0 Å². The summed E-state index contributed by atoms with van der Waals surface area (Å²) in [5.41, 5.74) is 0. The zero-order valence-electron chi connectivity index (χ0n) is 7.19. The molecule has 1 rings (SSSR count). The topological polar surface area (TPSA) is 12.0 Å². The van der Waals surface area contributed by atoms with E-state index in [1.165, 1.54) is 32.2 Å². The minimum atomic E-state index is 0.994. The first-order chi connectivity index (χ1) is 4.84. The van der Waals surface area contributed by atoms with Crippen LogP contribution < -0.4 is 5.32 Å². The Morgan fingerprint density at radius 1 is 1.40 bits per heavy atom. The SMILES string of the molecule is CNCCC1CCC[C@@H]1C. The van der Waals surface area contributed by atoms with Crippen LogP contribution in [0, 0.1) is 11.8 Å². The molecule has 0 radical (unpaired) electrons. The molecule has 1 nitrogen and oxygen atoms in total. The van der Waals surface area contributed by atoms with Gasteiger partial charge in [0, 0.05) is 0 Å². The lowest BCUT2D eigenvalue weighted by atomic mass is 9.95. The maximum atomic E-state index is 3.22. The van der Waals surface area contributed by atoms with Gasteiger partial charge in [-0.05, 0) is 31.8 Å². The van der Waals surface area contributed by atoms with Crippen LogP contribution in [0.2, 0.25) is 0 Å². The molecule has 0 bridgehead atoms. The van der Waals surface area contributed by atoms with Crippen LogP contribution in [-0.4, -0.2) is 13.6 Å². The summed E-state index contributed by atoms with van der Waals surface area (Å²) in [6.07, 6.45) is 5.80. The van der Waals surface area contributed by atoms with Crippen LogP contribution in [0.5, 0.6) is 0 Å². The average Bonchev–Trinajstić information content (AvgIpc) is 2.31. The number of rotatable bonds is 3. The summed E-state index contributed by atoms with van der Waals surface area (Å²) in [6.45, 7) is 3.60. The van der Waals surface area contributed by atoms with Crippen LogP contribution >= 0.6 is 0 Å². The Labute approximate surface area is 64.2 Å². The third-order valence-electron chi connectivity index (χ3n) is 2.80. The van der Waals surface area contributed by atoms with E-state index in [1.54, 1.807) is 0 Å². The molecule has 2 atom stereocenters. The number of nitrogens with one attached hydrogen (secondary N) is 1. The second kappa shape index (κ2) is 3.97. The van der Waals surface area contributed by atoms with E-state index in [0.29, 0.717) is 0 Å². The lowest BCUT2D eigenvalue weighted by Crippen LogP contribution is -2.14. The molecule has 10 heavy (non-hydrogen) atoms. The third kappa shape index (κ3) is 1.98. The number of hydrogen-bond donors (Lipinski definition) is 1. The van der Waals surface area contributed by atoms with Gasteiger partial charge in [-0.25, -0.2) is 0 Å². The van der Waals surface area contributed by atoms with Crippen LogP contribution in [0.3, 0.4) is 0 Å². The molecule has 0 amide bonds. The Hall–Kier alpha value is -0.0400. The van der Waals surface area contributed by atoms with E-state index in [9.17, 15) is 0 Å². The van der Waals surface area contributed by atoms with Gasteiger partial charge in [-0.1, -0.05) is 26.2 Å². The van der Waals surface area contributed by atoms with Gasteiger partial charge in [0.15, 0.2) is 0 Å². The summed E-state index contributed by atoms with van der Waals surface area (Å²) in [5, 5.41) is 3.22. The predicted octanol–water partition coefficient (Wildman–Crippen LogP) is 2.03. The highest BCUT2D eigenvalue weighted by molar-refractivity contribution is 4.74. The fraction of sp³-hybridized carbons (Fsp3) is 1.00. The van der Waals surface area contributed by atoms with Crippen molar-refractivity contribution in [2.75, 3.05) is 13.6 Å². The molecular weight excluding hydrogens is 122 g/mol. The highest BCUT2D eigenvalue weighted by Crippen LogP contribution is 2.32. The van der Waals surface area contributed by atoms with E-state index < -0.39 is 0 Å². The van der Waals surface area contributed by atoms with E-state index in [-0.39, 0.29) is 0 Å². The molecule has 0 aromatic heterocycles. The molecule has 1 saturated carbocycles. The molecular formula is C9H19N. The van der Waals surface area contributed by atoms with Gasteiger partial charge >= 0.3 is 0 Å². The largest absolute Gasteiger partial charge is 0.320 e. The highest BCUT2D eigenvalue weighted by Gasteiger charge is 2.21. The zero-order chi connectivity index (χ0) is 7.40. The first-order valence-electron chi connectivity index (χ1n) is 4.49. The maximum absolute atomic E-state index is 3.22. The summed E-state index contributed by atoms with van der Waals surface area (Å²) in [4.78, 5) is 0. The van der Waals surface area contributed by atoms with Crippen molar-refractivity contribution in [3.63, 3.8) is 0 Å². The second-order valence-electron chi connectivity index (χ2n) is 3.56. The molecule has 1 aliphatic rings. The second-order valence-corrected chi connectivity index (χ2v) is 3.56. The van der Waals surface area contributed by atoms with Crippen LogP contribution in [0.1, 0.15) is 32.6 Å². The maximum Gasteiger partial charge on any atom is -0.00492 e. The fourth-order valence-corrected chi connectivity index (χ4v) is 1.98. The monoisotopic (exact) mass is 141 g/mol. The van der Waals surface area contributed by atoms with Gasteiger partial charge in [-0.15, -0.1) is 0 Å². The smallest absolute Gasteiger partial charge is 0.00492 e. The molecule has 1 aliphatic carbocycles. The summed E-state index contributed by atoms with van der Waals surface area (Å²) in [6, 6.07) is 0. The summed E-state index contributed by atoms with van der Waals surface area (Å²) < 4.78 is 0. The Bertz CT molecular complexity index is 90.7. The Kier molecular flexibility index (Phi) is 3.20. The predicted molar refractivity (Wildman–Crippen MR) is 45.0 cm³/mol. The van der Waals surface area contributed by atoms with E-state index in [1.807, 2.05) is 7.05 Å². The average molecular weight is 141 g/mol. The fourth-order valence-electron chi connectivity index (χ4n) is 1.98. The minimum absolute atomic E-state index is 0.994. The first kappa shape index (κ1) is 8.06. The van der Waals surface area contributed by atoms with E-state index in [0.717, 1.165) is 11.8 Å². The third-order valence-corrected chi connectivity index (χ3v) is 2.80. The quantitative estimate of drug-likeness (QED) is 0.634. The van der Waals surface area contributed by atoms with Crippen molar-refractivity contribution in [3.8, 4) is 0 Å².